The number of carbonyl (C=O) groups excluding carboxylic acids is 2. The molecule has 0 spiro atoms. The van der Waals surface area contributed by atoms with E-state index in [-0.39, 0.29) is 34.8 Å². The standard InChI is InChI=1S/C31H32ClN5O2S/c1-20-9-5-8-12-24(20)37-30-27(29(35-37)31(2,3)4)28(22-10-6-7-11-23(22)32)40-19-26(39)36(30)18-25(38)34-17-21-13-15-33-16-14-21/h5-16,28H,17-19H2,1-4H3,(H,34,38). The second-order valence-electron chi connectivity index (χ2n) is 10.9. The third-order valence-corrected chi connectivity index (χ3v) is 8.45. The van der Waals surface area contributed by atoms with Crippen LogP contribution in [-0.2, 0) is 21.5 Å². The Hall–Kier alpha value is -3.62. The lowest BCUT2D eigenvalue weighted by atomic mass is 9.87. The maximum atomic E-state index is 13.8. The van der Waals surface area contributed by atoms with Gasteiger partial charge in [-0.25, -0.2) is 4.68 Å². The van der Waals surface area contributed by atoms with Gasteiger partial charge in [-0.2, -0.15) is 5.10 Å². The minimum absolute atomic E-state index is 0.131. The molecule has 7 nitrogen and oxygen atoms in total. The summed E-state index contributed by atoms with van der Waals surface area (Å²) in [6.07, 6.45) is 3.37. The molecule has 5 rings (SSSR count). The minimum Gasteiger partial charge on any atom is -0.350 e. The predicted octanol–water partition coefficient (Wildman–Crippen LogP) is 6.01. The molecule has 0 saturated heterocycles. The minimum atomic E-state index is -0.346. The van der Waals surface area contributed by atoms with Crippen molar-refractivity contribution in [1.29, 1.82) is 0 Å². The highest BCUT2D eigenvalue weighted by atomic mass is 35.5. The smallest absolute Gasteiger partial charge is 0.240 e. The predicted molar refractivity (Wildman–Crippen MR) is 161 cm³/mol. The van der Waals surface area contributed by atoms with Crippen LogP contribution in [0.25, 0.3) is 5.69 Å². The van der Waals surface area contributed by atoms with Crippen LogP contribution in [0.15, 0.2) is 73.1 Å². The first-order valence-corrected chi connectivity index (χ1v) is 14.6. The number of benzene rings is 2. The maximum absolute atomic E-state index is 13.8. The fourth-order valence-electron chi connectivity index (χ4n) is 4.88. The highest BCUT2D eigenvalue weighted by molar-refractivity contribution is 8.00. The number of halogens is 1. The fourth-order valence-corrected chi connectivity index (χ4v) is 6.42. The number of aromatic nitrogens is 3. The Balaban J connectivity index is 1.68. The van der Waals surface area contributed by atoms with Crippen LogP contribution in [0, 0.1) is 6.92 Å². The van der Waals surface area contributed by atoms with Crippen molar-refractivity contribution in [2.75, 3.05) is 17.2 Å². The van der Waals surface area contributed by atoms with E-state index in [2.05, 4.69) is 31.1 Å². The number of amides is 2. The van der Waals surface area contributed by atoms with Crippen LogP contribution in [-0.4, -0.2) is 38.9 Å². The maximum Gasteiger partial charge on any atom is 0.240 e. The molecule has 1 unspecified atom stereocenters. The molecule has 2 aromatic carbocycles. The van der Waals surface area contributed by atoms with Crippen molar-refractivity contribution < 1.29 is 9.59 Å². The van der Waals surface area contributed by atoms with Gasteiger partial charge in [0, 0.05) is 34.9 Å². The zero-order valence-electron chi connectivity index (χ0n) is 23.0. The Bertz CT molecular complexity index is 1550. The lowest BCUT2D eigenvalue weighted by molar-refractivity contribution is -0.123. The Morgan fingerprint density at radius 1 is 1.07 bits per heavy atom. The molecule has 40 heavy (non-hydrogen) atoms. The van der Waals surface area contributed by atoms with Gasteiger partial charge in [0.15, 0.2) is 0 Å². The molecule has 9 heteroatoms. The number of pyridine rings is 1. The van der Waals surface area contributed by atoms with Gasteiger partial charge >= 0.3 is 0 Å². The molecule has 4 aromatic rings. The fraction of sp³-hybridized carbons (Fsp3) is 0.290. The molecule has 0 aliphatic carbocycles. The van der Waals surface area contributed by atoms with Gasteiger partial charge in [-0.1, -0.05) is 68.8 Å². The number of carbonyl (C=O) groups is 2. The SMILES string of the molecule is Cc1ccccc1-n1nc(C(C)(C)C)c2c1N(CC(=O)NCc1ccncc1)C(=O)CSC2c1ccccc1Cl. The zero-order chi connectivity index (χ0) is 28.4. The third-order valence-electron chi connectivity index (χ3n) is 6.87. The molecule has 0 saturated carbocycles. The number of fused-ring (bicyclic) bond motifs is 1. The second kappa shape index (κ2) is 11.5. The number of hydrogen-bond acceptors (Lipinski definition) is 5. The van der Waals surface area contributed by atoms with E-state index in [1.807, 2.05) is 72.3 Å². The third kappa shape index (κ3) is 5.64. The molecule has 2 aromatic heterocycles. The number of para-hydroxylation sites is 1. The average Bonchev–Trinajstić information content (AvgIpc) is 3.27. The summed E-state index contributed by atoms with van der Waals surface area (Å²) >= 11 is 8.26. The summed E-state index contributed by atoms with van der Waals surface area (Å²) in [6.45, 7) is 8.58. The van der Waals surface area contributed by atoms with E-state index < -0.39 is 0 Å². The average molecular weight is 574 g/mol. The van der Waals surface area contributed by atoms with E-state index >= 15 is 0 Å². The number of nitrogens with zero attached hydrogens (tertiary/aromatic N) is 4. The first kappa shape index (κ1) is 27.9. The Morgan fingerprint density at radius 3 is 2.48 bits per heavy atom. The lowest BCUT2D eigenvalue weighted by Crippen LogP contribution is -2.42. The van der Waals surface area contributed by atoms with E-state index in [0.717, 1.165) is 33.6 Å². The van der Waals surface area contributed by atoms with Gasteiger partial charge in [-0.3, -0.25) is 19.5 Å². The quantitative estimate of drug-likeness (QED) is 0.305. The van der Waals surface area contributed by atoms with Crippen molar-refractivity contribution >= 4 is 41.0 Å². The first-order valence-electron chi connectivity index (χ1n) is 13.2. The summed E-state index contributed by atoms with van der Waals surface area (Å²) in [6, 6.07) is 19.4. The Morgan fingerprint density at radius 2 is 1.77 bits per heavy atom. The highest BCUT2D eigenvalue weighted by Crippen LogP contribution is 2.49. The van der Waals surface area contributed by atoms with Crippen LogP contribution >= 0.6 is 23.4 Å². The van der Waals surface area contributed by atoms with Crippen molar-refractivity contribution in [2.45, 2.75) is 44.9 Å². The van der Waals surface area contributed by atoms with Crippen LogP contribution < -0.4 is 10.2 Å². The number of rotatable bonds is 6. The van der Waals surface area contributed by atoms with E-state index in [9.17, 15) is 9.59 Å². The van der Waals surface area contributed by atoms with Gasteiger partial charge in [-0.05, 0) is 47.9 Å². The molecule has 206 valence electrons. The van der Waals surface area contributed by atoms with Gasteiger partial charge in [0.2, 0.25) is 11.8 Å². The molecular formula is C31H32ClN5O2S. The van der Waals surface area contributed by atoms with Gasteiger partial charge in [0.25, 0.3) is 0 Å². The van der Waals surface area contributed by atoms with Crippen LogP contribution in [0.3, 0.4) is 0 Å². The van der Waals surface area contributed by atoms with Crippen molar-refractivity contribution in [2.24, 2.45) is 0 Å². The van der Waals surface area contributed by atoms with Crippen molar-refractivity contribution in [3.8, 4) is 5.69 Å². The highest BCUT2D eigenvalue weighted by Gasteiger charge is 2.40. The van der Waals surface area contributed by atoms with Crippen molar-refractivity contribution in [3.05, 3.63) is 106 Å². The summed E-state index contributed by atoms with van der Waals surface area (Å²) in [4.78, 5) is 32.7. The van der Waals surface area contributed by atoms with Gasteiger partial charge < -0.3 is 5.32 Å². The Labute approximate surface area is 243 Å². The van der Waals surface area contributed by atoms with Crippen LogP contribution in [0.2, 0.25) is 5.02 Å². The van der Waals surface area contributed by atoms with Gasteiger partial charge in [0.05, 0.1) is 22.4 Å². The van der Waals surface area contributed by atoms with E-state index in [0.29, 0.717) is 17.4 Å². The second-order valence-corrected chi connectivity index (χ2v) is 12.4. The largest absolute Gasteiger partial charge is 0.350 e. The molecular weight excluding hydrogens is 542 g/mol. The number of nitrogens with one attached hydrogen (secondary N) is 1. The normalized spacial score (nSPS) is 15.5. The summed E-state index contributed by atoms with van der Waals surface area (Å²) < 4.78 is 1.84. The lowest BCUT2D eigenvalue weighted by Gasteiger charge is -2.25. The monoisotopic (exact) mass is 573 g/mol. The van der Waals surface area contributed by atoms with E-state index in [1.54, 1.807) is 17.3 Å². The van der Waals surface area contributed by atoms with Gasteiger partial charge in [-0.15, -0.1) is 11.8 Å². The molecule has 0 bridgehead atoms. The molecule has 1 N–H and O–H groups in total. The van der Waals surface area contributed by atoms with Crippen LogP contribution in [0.5, 0.6) is 0 Å². The molecule has 0 radical (unpaired) electrons. The molecule has 2 amide bonds. The van der Waals surface area contributed by atoms with Gasteiger partial charge in [0.1, 0.15) is 12.4 Å². The van der Waals surface area contributed by atoms with Crippen molar-refractivity contribution in [3.63, 3.8) is 0 Å². The first-order chi connectivity index (χ1) is 19.1. The van der Waals surface area contributed by atoms with Crippen LogP contribution in [0.4, 0.5) is 5.82 Å². The number of aryl methyl sites for hydroxylation is 1. The topological polar surface area (TPSA) is 80.1 Å². The summed E-state index contributed by atoms with van der Waals surface area (Å²) in [5.41, 5.74) is 5.13. The number of anilines is 1. The Kier molecular flexibility index (Phi) is 8.01. The molecule has 1 aliphatic rings. The molecule has 0 fully saturated rings. The number of thioether (sulfide) groups is 1. The zero-order valence-corrected chi connectivity index (χ0v) is 24.6. The molecule has 3 heterocycles. The molecule has 1 aliphatic heterocycles. The number of hydrogen-bond donors (Lipinski definition) is 1. The van der Waals surface area contributed by atoms with Crippen LogP contribution in [0.1, 0.15) is 54.0 Å². The summed E-state index contributed by atoms with van der Waals surface area (Å²) in [5, 5.41) is 8.50. The summed E-state index contributed by atoms with van der Waals surface area (Å²) in [7, 11) is 0. The summed E-state index contributed by atoms with van der Waals surface area (Å²) in [5.74, 6) is 0.389. The van der Waals surface area contributed by atoms with Crippen molar-refractivity contribution in [1.82, 2.24) is 20.1 Å². The van der Waals surface area contributed by atoms with E-state index in [1.165, 1.54) is 11.8 Å². The molecule has 1 atom stereocenters. The van der Waals surface area contributed by atoms with E-state index in [4.69, 9.17) is 16.7 Å².